The molecule has 0 radical (unpaired) electrons. The molecule has 0 aliphatic rings. The molecule has 0 unspecified atom stereocenters. The van der Waals surface area contributed by atoms with Gasteiger partial charge in [-0.3, -0.25) is 9.59 Å². The van der Waals surface area contributed by atoms with Crippen LogP contribution in [0.5, 0.6) is 0 Å². The quantitative estimate of drug-likeness (QED) is 0.625. The monoisotopic (exact) mass is 427 g/mol. The molecule has 0 aliphatic heterocycles. The summed E-state index contributed by atoms with van der Waals surface area (Å²) in [6, 6.07) is 10.9. The van der Waals surface area contributed by atoms with Crippen LogP contribution in [-0.4, -0.2) is 15.7 Å². The predicted octanol–water partition coefficient (Wildman–Crippen LogP) is 4.52. The van der Waals surface area contributed by atoms with Crippen LogP contribution in [-0.2, 0) is 12.4 Å². The Morgan fingerprint density at radius 3 is 2.13 bits per heavy atom. The Hall–Kier alpha value is -3.63. The standard InChI is InChI=1S/C19H11F6N3O2/c20-18(21,22)11-5-4-8-13(9-11)28-15(29)10-14(19(23,24)25)16(27-28)17(30)26-12-6-2-1-3-7-12/h1-10H,(H,26,30). The number of nitrogens with zero attached hydrogens (tertiary/aromatic N) is 2. The van der Waals surface area contributed by atoms with Crippen molar-refractivity contribution in [3.8, 4) is 5.69 Å². The maximum atomic E-state index is 13.4. The number of aromatic nitrogens is 2. The summed E-state index contributed by atoms with van der Waals surface area (Å²) in [6.07, 6.45) is -9.85. The highest BCUT2D eigenvalue weighted by Gasteiger charge is 2.38. The zero-order valence-corrected chi connectivity index (χ0v) is 14.8. The summed E-state index contributed by atoms with van der Waals surface area (Å²) in [4.78, 5) is 24.6. The van der Waals surface area contributed by atoms with Crippen LogP contribution in [0, 0.1) is 0 Å². The lowest BCUT2D eigenvalue weighted by atomic mass is 10.1. The van der Waals surface area contributed by atoms with Crippen molar-refractivity contribution in [3.05, 3.63) is 87.8 Å². The van der Waals surface area contributed by atoms with Gasteiger partial charge in [-0.1, -0.05) is 24.3 Å². The Balaban J connectivity index is 2.14. The Morgan fingerprint density at radius 2 is 1.53 bits per heavy atom. The molecule has 1 heterocycles. The van der Waals surface area contributed by atoms with Gasteiger partial charge in [-0.15, -0.1) is 0 Å². The average molecular weight is 427 g/mol. The van der Waals surface area contributed by atoms with Gasteiger partial charge in [0.15, 0.2) is 5.69 Å². The first-order chi connectivity index (χ1) is 14.0. The number of anilines is 1. The van der Waals surface area contributed by atoms with E-state index in [1.54, 1.807) is 6.07 Å². The van der Waals surface area contributed by atoms with E-state index in [0.717, 1.165) is 18.2 Å². The second-order valence-electron chi connectivity index (χ2n) is 6.02. The molecule has 1 amide bonds. The lowest BCUT2D eigenvalue weighted by Gasteiger charge is -2.15. The number of rotatable bonds is 3. The molecule has 0 saturated heterocycles. The molecule has 0 fully saturated rings. The summed E-state index contributed by atoms with van der Waals surface area (Å²) in [7, 11) is 0. The van der Waals surface area contributed by atoms with Crippen molar-refractivity contribution in [2.45, 2.75) is 12.4 Å². The highest BCUT2D eigenvalue weighted by Crippen LogP contribution is 2.32. The first kappa shape index (κ1) is 21.1. The smallest absolute Gasteiger partial charge is 0.321 e. The summed E-state index contributed by atoms with van der Waals surface area (Å²) in [5.41, 5.74) is -5.54. The second kappa shape index (κ2) is 7.65. The highest BCUT2D eigenvalue weighted by molar-refractivity contribution is 6.03. The number of alkyl halides is 6. The van der Waals surface area contributed by atoms with Crippen molar-refractivity contribution in [3.63, 3.8) is 0 Å². The first-order valence-corrected chi connectivity index (χ1v) is 8.22. The van der Waals surface area contributed by atoms with E-state index >= 15 is 0 Å². The number of benzene rings is 2. The molecule has 30 heavy (non-hydrogen) atoms. The second-order valence-corrected chi connectivity index (χ2v) is 6.02. The number of nitrogens with one attached hydrogen (secondary N) is 1. The summed E-state index contributed by atoms with van der Waals surface area (Å²) in [6.45, 7) is 0. The van der Waals surface area contributed by atoms with E-state index in [2.05, 4.69) is 10.4 Å². The van der Waals surface area contributed by atoms with E-state index in [4.69, 9.17) is 0 Å². The van der Waals surface area contributed by atoms with E-state index in [1.165, 1.54) is 24.3 Å². The van der Waals surface area contributed by atoms with Crippen LogP contribution in [0.3, 0.4) is 0 Å². The molecule has 0 atom stereocenters. The summed E-state index contributed by atoms with van der Waals surface area (Å²) in [5.74, 6) is -1.28. The van der Waals surface area contributed by atoms with Crippen LogP contribution in [0.15, 0.2) is 65.5 Å². The number of hydrogen-bond acceptors (Lipinski definition) is 3. The van der Waals surface area contributed by atoms with Crippen LogP contribution in [0.1, 0.15) is 21.6 Å². The Labute approximate surface area is 164 Å². The normalized spacial score (nSPS) is 11.9. The van der Waals surface area contributed by atoms with Gasteiger partial charge in [0.2, 0.25) is 0 Å². The number of carbonyl (C=O) groups excluding carboxylic acids is 1. The molecule has 3 rings (SSSR count). The number of para-hydroxylation sites is 1. The number of carbonyl (C=O) groups is 1. The molecule has 3 aromatic rings. The molecule has 1 N–H and O–H groups in total. The molecule has 156 valence electrons. The highest BCUT2D eigenvalue weighted by atomic mass is 19.4. The van der Waals surface area contributed by atoms with Crippen LogP contribution in [0.2, 0.25) is 0 Å². The van der Waals surface area contributed by atoms with E-state index in [0.29, 0.717) is 10.7 Å². The molecule has 11 heteroatoms. The van der Waals surface area contributed by atoms with Crippen LogP contribution >= 0.6 is 0 Å². The Kier molecular flexibility index (Phi) is 5.38. The van der Waals surface area contributed by atoms with Crippen LogP contribution in [0.4, 0.5) is 32.0 Å². The summed E-state index contributed by atoms with van der Waals surface area (Å²) < 4.78 is 79.2. The lowest BCUT2D eigenvalue weighted by molar-refractivity contribution is -0.138. The van der Waals surface area contributed by atoms with Crippen molar-refractivity contribution in [2.24, 2.45) is 0 Å². The summed E-state index contributed by atoms with van der Waals surface area (Å²) >= 11 is 0. The van der Waals surface area contributed by atoms with E-state index in [1.807, 2.05) is 0 Å². The fourth-order valence-corrected chi connectivity index (χ4v) is 2.55. The topological polar surface area (TPSA) is 64.0 Å². The number of halogens is 6. The van der Waals surface area contributed by atoms with Gasteiger partial charge in [0.1, 0.15) is 0 Å². The molecule has 0 spiro atoms. The van der Waals surface area contributed by atoms with Gasteiger partial charge < -0.3 is 5.32 Å². The van der Waals surface area contributed by atoms with Crippen molar-refractivity contribution in [2.75, 3.05) is 5.32 Å². The molecule has 5 nitrogen and oxygen atoms in total. The molecule has 2 aromatic carbocycles. The van der Waals surface area contributed by atoms with Gasteiger partial charge in [-0.2, -0.15) is 36.1 Å². The van der Waals surface area contributed by atoms with Gasteiger partial charge in [0, 0.05) is 11.8 Å². The third kappa shape index (κ3) is 4.50. The fraction of sp³-hybridized carbons (Fsp3) is 0.105. The molecule has 0 aliphatic carbocycles. The van der Waals surface area contributed by atoms with Gasteiger partial charge >= 0.3 is 12.4 Å². The maximum Gasteiger partial charge on any atom is 0.418 e. The minimum atomic E-state index is -5.09. The van der Waals surface area contributed by atoms with Crippen molar-refractivity contribution >= 4 is 11.6 Å². The largest absolute Gasteiger partial charge is 0.418 e. The average Bonchev–Trinajstić information content (AvgIpc) is 2.67. The maximum absolute atomic E-state index is 13.4. The molecule has 0 bridgehead atoms. The van der Waals surface area contributed by atoms with Crippen LogP contribution < -0.4 is 10.9 Å². The fourth-order valence-electron chi connectivity index (χ4n) is 2.55. The van der Waals surface area contributed by atoms with E-state index in [9.17, 15) is 35.9 Å². The number of hydrogen-bond donors (Lipinski definition) is 1. The van der Waals surface area contributed by atoms with Gasteiger partial charge in [0.05, 0.1) is 16.8 Å². The SMILES string of the molecule is O=C(Nc1ccccc1)c1nn(-c2cccc(C(F)(F)F)c2)c(=O)cc1C(F)(F)F. The van der Waals surface area contributed by atoms with Crippen molar-refractivity contribution < 1.29 is 31.1 Å². The Morgan fingerprint density at radius 1 is 0.867 bits per heavy atom. The number of amides is 1. The first-order valence-electron chi connectivity index (χ1n) is 8.22. The predicted molar refractivity (Wildman–Crippen MR) is 94.2 cm³/mol. The zero-order chi connectivity index (χ0) is 22.1. The van der Waals surface area contributed by atoms with Crippen LogP contribution in [0.25, 0.3) is 5.69 Å². The molecular formula is C19H11F6N3O2. The van der Waals surface area contributed by atoms with Gasteiger partial charge in [-0.25, -0.2) is 0 Å². The summed E-state index contributed by atoms with van der Waals surface area (Å²) in [5, 5.41) is 5.64. The third-order valence-corrected chi connectivity index (χ3v) is 3.90. The van der Waals surface area contributed by atoms with Crippen molar-refractivity contribution in [1.82, 2.24) is 9.78 Å². The molecular weight excluding hydrogens is 416 g/mol. The third-order valence-electron chi connectivity index (χ3n) is 3.90. The molecule has 0 saturated carbocycles. The van der Waals surface area contributed by atoms with Gasteiger partial charge in [0.25, 0.3) is 11.5 Å². The van der Waals surface area contributed by atoms with E-state index in [-0.39, 0.29) is 11.8 Å². The zero-order valence-electron chi connectivity index (χ0n) is 14.8. The van der Waals surface area contributed by atoms with E-state index < -0.39 is 46.3 Å². The van der Waals surface area contributed by atoms with Crippen molar-refractivity contribution in [1.29, 1.82) is 0 Å². The molecule has 1 aromatic heterocycles. The minimum absolute atomic E-state index is 0.118. The van der Waals surface area contributed by atoms with Gasteiger partial charge in [-0.05, 0) is 30.3 Å². The lowest BCUT2D eigenvalue weighted by Crippen LogP contribution is -2.30. The minimum Gasteiger partial charge on any atom is -0.321 e. The Bertz CT molecular complexity index is 1140.